The van der Waals surface area contributed by atoms with Crippen LogP contribution in [0, 0.1) is 5.92 Å². The van der Waals surface area contributed by atoms with E-state index in [9.17, 15) is 14.7 Å². The summed E-state index contributed by atoms with van der Waals surface area (Å²) in [5.41, 5.74) is 4.29. The maximum absolute atomic E-state index is 12.6. The molecule has 3 aromatic rings. The van der Waals surface area contributed by atoms with Crippen LogP contribution in [-0.4, -0.2) is 34.7 Å². The van der Waals surface area contributed by atoms with E-state index in [0.29, 0.717) is 19.4 Å². The van der Waals surface area contributed by atoms with Crippen LogP contribution >= 0.6 is 0 Å². The predicted molar refractivity (Wildman–Crippen MR) is 118 cm³/mol. The number of ether oxygens (including phenoxy) is 1. The average molecular weight is 415 g/mol. The van der Waals surface area contributed by atoms with Gasteiger partial charge in [-0.05, 0) is 41.0 Å². The molecule has 0 aromatic heterocycles. The van der Waals surface area contributed by atoms with Crippen molar-refractivity contribution in [1.29, 1.82) is 0 Å². The molecule has 3 aromatic carbocycles. The van der Waals surface area contributed by atoms with Crippen LogP contribution in [0.1, 0.15) is 17.5 Å². The summed E-state index contributed by atoms with van der Waals surface area (Å²) in [4.78, 5) is 25.6. The molecule has 0 unspecified atom stereocenters. The van der Waals surface area contributed by atoms with Gasteiger partial charge in [-0.25, -0.2) is 9.59 Å². The number of likely N-dealkylation sites (tertiary alicyclic amines) is 1. The van der Waals surface area contributed by atoms with Gasteiger partial charge in [0.05, 0.1) is 0 Å². The van der Waals surface area contributed by atoms with Crippen LogP contribution in [0.25, 0.3) is 11.1 Å². The van der Waals surface area contributed by atoms with E-state index in [1.165, 1.54) is 4.90 Å². The Hall–Kier alpha value is -3.60. The standard InChI is InChI=1S/C26H25NO4/c28-25(31-18-19-8-3-1-4-9-19)24-16-21(17-27(24)26(29)30)14-20-10-7-13-23(15-20)22-11-5-2-6-12-22/h1-13,15,21,24H,14,16-18H2,(H,29,30)/t21-,24+/m0/s1. The average Bonchev–Trinajstić information content (AvgIpc) is 3.23. The lowest BCUT2D eigenvalue weighted by Gasteiger charge is -2.19. The number of carboxylic acid groups (broad SMARTS) is 1. The summed E-state index contributed by atoms with van der Waals surface area (Å²) >= 11 is 0. The fourth-order valence-electron chi connectivity index (χ4n) is 4.17. The molecule has 1 heterocycles. The van der Waals surface area contributed by atoms with Gasteiger partial charge in [0.1, 0.15) is 12.6 Å². The summed E-state index contributed by atoms with van der Waals surface area (Å²) in [6.45, 7) is 0.476. The molecule has 5 nitrogen and oxygen atoms in total. The summed E-state index contributed by atoms with van der Waals surface area (Å²) in [6, 6.07) is 27.1. The number of carbonyl (C=O) groups excluding carboxylic acids is 1. The highest BCUT2D eigenvalue weighted by molar-refractivity contribution is 5.81. The van der Waals surface area contributed by atoms with E-state index < -0.39 is 18.1 Å². The molecule has 1 amide bonds. The largest absolute Gasteiger partial charge is 0.465 e. The van der Waals surface area contributed by atoms with E-state index in [0.717, 1.165) is 22.3 Å². The van der Waals surface area contributed by atoms with E-state index >= 15 is 0 Å². The first-order chi connectivity index (χ1) is 15.1. The number of amides is 1. The predicted octanol–water partition coefficient (Wildman–Crippen LogP) is 5.01. The molecular weight excluding hydrogens is 390 g/mol. The van der Waals surface area contributed by atoms with Gasteiger partial charge in [-0.2, -0.15) is 0 Å². The molecule has 1 aliphatic rings. The van der Waals surface area contributed by atoms with E-state index in [2.05, 4.69) is 30.3 Å². The smallest absolute Gasteiger partial charge is 0.408 e. The fourth-order valence-corrected chi connectivity index (χ4v) is 4.17. The SMILES string of the molecule is O=C(OCc1ccccc1)[C@H]1C[C@H](Cc2cccc(-c3ccccc3)c2)CN1C(=O)O. The van der Waals surface area contributed by atoms with Crippen molar-refractivity contribution in [3.05, 3.63) is 96.1 Å². The van der Waals surface area contributed by atoms with Crippen molar-refractivity contribution in [1.82, 2.24) is 4.90 Å². The highest BCUT2D eigenvalue weighted by Crippen LogP contribution is 2.29. The third kappa shape index (κ3) is 5.12. The van der Waals surface area contributed by atoms with Gasteiger partial charge in [-0.3, -0.25) is 4.90 Å². The zero-order chi connectivity index (χ0) is 21.6. The first-order valence-corrected chi connectivity index (χ1v) is 10.4. The number of carbonyl (C=O) groups is 2. The van der Waals surface area contributed by atoms with Crippen LogP contribution in [0.15, 0.2) is 84.9 Å². The van der Waals surface area contributed by atoms with Crippen LogP contribution in [0.2, 0.25) is 0 Å². The summed E-state index contributed by atoms with van der Waals surface area (Å²) in [6.07, 6.45) is 0.102. The third-order valence-electron chi connectivity index (χ3n) is 5.69. The number of hydrogen-bond donors (Lipinski definition) is 1. The summed E-state index contributed by atoms with van der Waals surface area (Å²) in [7, 11) is 0. The van der Waals surface area contributed by atoms with Crippen molar-refractivity contribution in [3.8, 4) is 11.1 Å². The molecule has 158 valence electrons. The topological polar surface area (TPSA) is 66.8 Å². The minimum Gasteiger partial charge on any atom is -0.465 e. The van der Waals surface area contributed by atoms with Crippen LogP contribution in [-0.2, 0) is 22.6 Å². The Balaban J connectivity index is 1.42. The quantitative estimate of drug-likeness (QED) is 0.575. The first kappa shape index (κ1) is 20.7. The molecule has 4 rings (SSSR count). The molecule has 0 radical (unpaired) electrons. The number of hydrogen-bond acceptors (Lipinski definition) is 3. The van der Waals surface area contributed by atoms with E-state index in [-0.39, 0.29) is 12.5 Å². The van der Waals surface area contributed by atoms with Crippen molar-refractivity contribution in [2.45, 2.75) is 25.5 Å². The number of esters is 1. The molecule has 0 bridgehead atoms. The Morgan fingerprint density at radius 3 is 2.23 bits per heavy atom. The maximum Gasteiger partial charge on any atom is 0.408 e. The molecule has 31 heavy (non-hydrogen) atoms. The van der Waals surface area contributed by atoms with Crippen LogP contribution in [0.5, 0.6) is 0 Å². The second kappa shape index (κ2) is 9.47. The lowest BCUT2D eigenvalue weighted by atomic mass is 9.94. The Bertz CT molecular complexity index is 1040. The monoisotopic (exact) mass is 415 g/mol. The van der Waals surface area contributed by atoms with Gasteiger partial charge in [0.15, 0.2) is 0 Å². The molecule has 1 N–H and O–H groups in total. The van der Waals surface area contributed by atoms with Crippen molar-refractivity contribution >= 4 is 12.1 Å². The normalized spacial score (nSPS) is 18.0. The van der Waals surface area contributed by atoms with Gasteiger partial charge in [-0.1, -0.05) is 84.9 Å². The summed E-state index contributed by atoms with van der Waals surface area (Å²) in [5.74, 6) is -0.414. The molecule has 5 heteroatoms. The van der Waals surface area contributed by atoms with Crippen molar-refractivity contribution < 1.29 is 19.4 Å². The molecule has 0 aliphatic carbocycles. The minimum absolute atomic E-state index is 0.0661. The summed E-state index contributed by atoms with van der Waals surface area (Å²) < 4.78 is 5.42. The van der Waals surface area contributed by atoms with Crippen molar-refractivity contribution in [2.75, 3.05) is 6.54 Å². The lowest BCUT2D eigenvalue weighted by molar-refractivity contribution is -0.149. The Labute approximate surface area is 181 Å². The van der Waals surface area contributed by atoms with Crippen molar-refractivity contribution in [3.63, 3.8) is 0 Å². The van der Waals surface area contributed by atoms with Gasteiger partial charge in [0.2, 0.25) is 0 Å². The first-order valence-electron chi connectivity index (χ1n) is 10.4. The van der Waals surface area contributed by atoms with E-state index in [1.54, 1.807) is 0 Å². The van der Waals surface area contributed by atoms with E-state index in [4.69, 9.17) is 4.74 Å². The van der Waals surface area contributed by atoms with Gasteiger partial charge < -0.3 is 9.84 Å². The van der Waals surface area contributed by atoms with Gasteiger partial charge in [-0.15, -0.1) is 0 Å². The zero-order valence-corrected chi connectivity index (χ0v) is 17.2. The Morgan fingerprint density at radius 2 is 1.52 bits per heavy atom. The van der Waals surface area contributed by atoms with Crippen LogP contribution in [0.3, 0.4) is 0 Å². The number of benzene rings is 3. The second-order valence-corrected chi connectivity index (χ2v) is 7.92. The highest BCUT2D eigenvalue weighted by Gasteiger charge is 2.40. The summed E-state index contributed by atoms with van der Waals surface area (Å²) in [5, 5.41) is 9.61. The number of nitrogens with zero attached hydrogens (tertiary/aromatic N) is 1. The molecule has 0 spiro atoms. The molecular formula is C26H25NO4. The van der Waals surface area contributed by atoms with Crippen molar-refractivity contribution in [2.24, 2.45) is 5.92 Å². The van der Waals surface area contributed by atoms with Gasteiger partial charge >= 0.3 is 12.1 Å². The molecule has 0 saturated carbocycles. The Kier molecular flexibility index (Phi) is 6.32. The fraction of sp³-hybridized carbons (Fsp3) is 0.231. The third-order valence-corrected chi connectivity index (χ3v) is 5.69. The van der Waals surface area contributed by atoms with Crippen LogP contribution < -0.4 is 0 Å². The van der Waals surface area contributed by atoms with E-state index in [1.807, 2.05) is 54.6 Å². The lowest BCUT2D eigenvalue weighted by Crippen LogP contribution is -2.40. The highest BCUT2D eigenvalue weighted by atomic mass is 16.5. The molecule has 2 atom stereocenters. The minimum atomic E-state index is -1.08. The van der Waals surface area contributed by atoms with Gasteiger partial charge in [0, 0.05) is 6.54 Å². The number of rotatable bonds is 6. The Morgan fingerprint density at radius 1 is 0.871 bits per heavy atom. The second-order valence-electron chi connectivity index (χ2n) is 7.92. The van der Waals surface area contributed by atoms with Crippen LogP contribution in [0.4, 0.5) is 4.79 Å². The zero-order valence-electron chi connectivity index (χ0n) is 17.2. The molecule has 1 saturated heterocycles. The maximum atomic E-state index is 12.6. The molecule has 1 aliphatic heterocycles. The molecule has 1 fully saturated rings. The van der Waals surface area contributed by atoms with Gasteiger partial charge in [0.25, 0.3) is 0 Å².